The van der Waals surface area contributed by atoms with Gasteiger partial charge in [-0.1, -0.05) is 39.0 Å². The third kappa shape index (κ3) is 4.17. The number of benzene rings is 1. The number of hydrogen-bond donors (Lipinski definition) is 0. The fourth-order valence-electron chi connectivity index (χ4n) is 1.93. The van der Waals surface area contributed by atoms with Crippen molar-refractivity contribution < 1.29 is 9.53 Å². The molecule has 0 aromatic heterocycles. The summed E-state index contributed by atoms with van der Waals surface area (Å²) >= 11 is 0. The lowest BCUT2D eigenvalue weighted by molar-refractivity contribution is -0.140. The van der Waals surface area contributed by atoms with Gasteiger partial charge in [0.25, 0.3) is 0 Å². The van der Waals surface area contributed by atoms with E-state index in [-0.39, 0.29) is 11.4 Å². The summed E-state index contributed by atoms with van der Waals surface area (Å²) in [5.41, 5.74) is 4.16. The molecule has 18 heavy (non-hydrogen) atoms. The van der Waals surface area contributed by atoms with E-state index in [4.69, 9.17) is 0 Å². The Labute approximate surface area is 110 Å². The normalized spacial score (nSPS) is 11.4. The van der Waals surface area contributed by atoms with Crippen molar-refractivity contribution in [2.75, 3.05) is 7.11 Å². The molecule has 2 heteroatoms. The molecule has 0 heterocycles. The average Bonchev–Trinajstić information content (AvgIpc) is 2.29. The van der Waals surface area contributed by atoms with E-state index < -0.39 is 0 Å². The average molecular weight is 248 g/mol. The zero-order chi connectivity index (χ0) is 13.8. The van der Waals surface area contributed by atoms with E-state index in [1.807, 2.05) is 0 Å². The summed E-state index contributed by atoms with van der Waals surface area (Å²) in [5, 5.41) is 0. The van der Waals surface area contributed by atoms with Gasteiger partial charge >= 0.3 is 5.97 Å². The van der Waals surface area contributed by atoms with E-state index in [0.717, 1.165) is 12.8 Å². The molecule has 0 bridgehead atoms. The van der Waals surface area contributed by atoms with Crippen LogP contribution in [0.1, 0.15) is 50.3 Å². The zero-order valence-electron chi connectivity index (χ0n) is 12.2. The minimum atomic E-state index is -0.125. The molecule has 0 fully saturated rings. The molecule has 2 nitrogen and oxygen atoms in total. The molecule has 0 aliphatic carbocycles. The Balaban J connectivity index is 2.73. The van der Waals surface area contributed by atoms with Gasteiger partial charge in [0.1, 0.15) is 0 Å². The van der Waals surface area contributed by atoms with Gasteiger partial charge in [0, 0.05) is 6.42 Å². The number of esters is 1. The molecule has 0 saturated carbocycles. The Bertz CT molecular complexity index is 414. The van der Waals surface area contributed by atoms with E-state index in [1.165, 1.54) is 23.8 Å². The van der Waals surface area contributed by atoms with Crippen LogP contribution in [0, 0.1) is 6.92 Å². The predicted molar refractivity (Wildman–Crippen MR) is 74.8 cm³/mol. The molecule has 0 radical (unpaired) electrons. The highest BCUT2D eigenvalue weighted by molar-refractivity contribution is 5.69. The Kier molecular flexibility index (Phi) is 4.94. The second-order valence-corrected chi connectivity index (χ2v) is 5.82. The van der Waals surface area contributed by atoms with Crippen LogP contribution in [0.15, 0.2) is 18.2 Å². The van der Waals surface area contributed by atoms with Crippen molar-refractivity contribution in [3.8, 4) is 0 Å². The number of carbonyl (C=O) groups is 1. The summed E-state index contributed by atoms with van der Waals surface area (Å²) in [5.74, 6) is -0.125. The van der Waals surface area contributed by atoms with Crippen molar-refractivity contribution in [1.29, 1.82) is 0 Å². The first-order chi connectivity index (χ1) is 8.34. The molecule has 0 unspecified atom stereocenters. The Hall–Kier alpha value is -1.31. The molecule has 1 rings (SSSR count). The van der Waals surface area contributed by atoms with E-state index >= 15 is 0 Å². The van der Waals surface area contributed by atoms with Gasteiger partial charge in [0.05, 0.1) is 7.11 Å². The van der Waals surface area contributed by atoms with Crippen molar-refractivity contribution in [2.45, 2.75) is 52.4 Å². The summed E-state index contributed by atoms with van der Waals surface area (Å²) in [6, 6.07) is 6.64. The maximum Gasteiger partial charge on any atom is 0.305 e. The smallest absolute Gasteiger partial charge is 0.305 e. The van der Waals surface area contributed by atoms with E-state index in [2.05, 4.69) is 50.6 Å². The standard InChI is InChI=1S/C16H24O2/c1-12-9-10-14(16(2,3)4)11-13(12)7-6-8-15(17)18-5/h9-11H,6-8H2,1-5H3. The molecular formula is C16H24O2. The number of ether oxygens (including phenoxy) is 1. The molecular weight excluding hydrogens is 224 g/mol. The first-order valence-corrected chi connectivity index (χ1v) is 6.51. The predicted octanol–water partition coefficient (Wildman–Crippen LogP) is 3.79. The fraction of sp³-hybridized carbons (Fsp3) is 0.562. The van der Waals surface area contributed by atoms with Crippen molar-refractivity contribution in [2.24, 2.45) is 0 Å². The number of rotatable bonds is 4. The minimum Gasteiger partial charge on any atom is -0.469 e. The lowest BCUT2D eigenvalue weighted by Crippen LogP contribution is -2.12. The summed E-state index contributed by atoms with van der Waals surface area (Å²) < 4.78 is 4.66. The molecule has 0 saturated heterocycles. The second kappa shape index (κ2) is 6.03. The fourth-order valence-corrected chi connectivity index (χ4v) is 1.93. The highest BCUT2D eigenvalue weighted by Crippen LogP contribution is 2.25. The number of aryl methyl sites for hydroxylation is 2. The third-order valence-corrected chi connectivity index (χ3v) is 3.27. The van der Waals surface area contributed by atoms with Crippen molar-refractivity contribution in [1.82, 2.24) is 0 Å². The molecule has 100 valence electrons. The maximum absolute atomic E-state index is 11.1. The number of carbonyl (C=O) groups excluding carboxylic acids is 1. The topological polar surface area (TPSA) is 26.3 Å². The number of methoxy groups -OCH3 is 1. The van der Waals surface area contributed by atoms with Gasteiger partial charge in [0.15, 0.2) is 0 Å². The van der Waals surface area contributed by atoms with Gasteiger partial charge in [-0.15, -0.1) is 0 Å². The van der Waals surface area contributed by atoms with E-state index in [1.54, 1.807) is 0 Å². The molecule has 0 aliphatic heterocycles. The molecule has 0 amide bonds. The maximum atomic E-state index is 11.1. The van der Waals surface area contributed by atoms with Crippen LogP contribution in [0.25, 0.3) is 0 Å². The first-order valence-electron chi connectivity index (χ1n) is 6.51. The van der Waals surface area contributed by atoms with Gasteiger partial charge in [-0.25, -0.2) is 0 Å². The molecule has 0 N–H and O–H groups in total. The van der Waals surface area contributed by atoms with Crippen LogP contribution >= 0.6 is 0 Å². The molecule has 0 atom stereocenters. The van der Waals surface area contributed by atoms with E-state index in [9.17, 15) is 4.79 Å². The highest BCUT2D eigenvalue weighted by Gasteiger charge is 2.14. The van der Waals surface area contributed by atoms with Gasteiger partial charge in [-0.05, 0) is 41.9 Å². The van der Waals surface area contributed by atoms with Crippen molar-refractivity contribution in [3.63, 3.8) is 0 Å². The van der Waals surface area contributed by atoms with Gasteiger partial charge < -0.3 is 4.74 Å². The van der Waals surface area contributed by atoms with Crippen LogP contribution in [-0.4, -0.2) is 13.1 Å². The van der Waals surface area contributed by atoms with Gasteiger partial charge in [0.2, 0.25) is 0 Å². The quantitative estimate of drug-likeness (QED) is 0.758. The van der Waals surface area contributed by atoms with Crippen molar-refractivity contribution >= 4 is 5.97 Å². The van der Waals surface area contributed by atoms with Crippen LogP contribution in [0.2, 0.25) is 0 Å². The molecule has 0 spiro atoms. The van der Waals surface area contributed by atoms with Gasteiger partial charge in [-0.3, -0.25) is 4.79 Å². The number of hydrogen-bond acceptors (Lipinski definition) is 2. The monoisotopic (exact) mass is 248 g/mol. The highest BCUT2D eigenvalue weighted by atomic mass is 16.5. The summed E-state index contributed by atoms with van der Waals surface area (Å²) in [6.07, 6.45) is 2.28. The van der Waals surface area contributed by atoms with Gasteiger partial charge in [-0.2, -0.15) is 0 Å². The van der Waals surface area contributed by atoms with Crippen LogP contribution < -0.4 is 0 Å². The first kappa shape index (κ1) is 14.7. The zero-order valence-corrected chi connectivity index (χ0v) is 12.2. The Morgan fingerprint density at radius 2 is 1.94 bits per heavy atom. The van der Waals surface area contributed by atoms with Crippen LogP contribution in [0.5, 0.6) is 0 Å². The second-order valence-electron chi connectivity index (χ2n) is 5.82. The SMILES string of the molecule is COC(=O)CCCc1cc(C(C)(C)C)ccc1C. The third-order valence-electron chi connectivity index (χ3n) is 3.27. The molecule has 1 aromatic carbocycles. The van der Waals surface area contributed by atoms with Crippen LogP contribution in [0.4, 0.5) is 0 Å². The minimum absolute atomic E-state index is 0.125. The van der Waals surface area contributed by atoms with E-state index in [0.29, 0.717) is 6.42 Å². The Morgan fingerprint density at radius 3 is 2.50 bits per heavy atom. The van der Waals surface area contributed by atoms with Crippen LogP contribution in [-0.2, 0) is 21.4 Å². The summed E-state index contributed by atoms with van der Waals surface area (Å²) in [4.78, 5) is 11.1. The molecule has 1 aromatic rings. The Morgan fingerprint density at radius 1 is 1.28 bits per heavy atom. The molecule has 0 aliphatic rings. The lowest BCUT2D eigenvalue weighted by atomic mass is 9.84. The van der Waals surface area contributed by atoms with Crippen molar-refractivity contribution in [3.05, 3.63) is 34.9 Å². The summed E-state index contributed by atoms with van der Waals surface area (Å²) in [7, 11) is 1.44. The van der Waals surface area contributed by atoms with Crippen LogP contribution in [0.3, 0.4) is 0 Å². The lowest BCUT2D eigenvalue weighted by Gasteiger charge is -2.20. The summed E-state index contributed by atoms with van der Waals surface area (Å²) in [6.45, 7) is 8.78. The largest absolute Gasteiger partial charge is 0.469 e.